The predicted octanol–water partition coefficient (Wildman–Crippen LogP) is 4.82. The van der Waals surface area contributed by atoms with Crippen LogP contribution in [0.4, 0.5) is 10.8 Å². The van der Waals surface area contributed by atoms with Gasteiger partial charge in [0.25, 0.3) is 15.9 Å². The van der Waals surface area contributed by atoms with Gasteiger partial charge in [0.05, 0.1) is 15.9 Å². The first-order valence-corrected chi connectivity index (χ1v) is 12.8. The molecule has 0 bridgehead atoms. The highest BCUT2D eigenvalue weighted by atomic mass is 32.2. The SMILES string of the molecule is Cc1ccc(C)c2sc(NC(=O)COc3ccc(N(C)S(=O)(=O)c4cccs4)cc3)nc12. The van der Waals surface area contributed by atoms with E-state index in [-0.39, 0.29) is 16.7 Å². The number of sulfonamides is 1. The first-order valence-electron chi connectivity index (χ1n) is 9.67. The van der Waals surface area contributed by atoms with Gasteiger partial charge >= 0.3 is 0 Å². The fourth-order valence-electron chi connectivity index (χ4n) is 3.05. The summed E-state index contributed by atoms with van der Waals surface area (Å²) in [5.41, 5.74) is 3.56. The van der Waals surface area contributed by atoms with Crippen LogP contribution in [0.15, 0.2) is 58.1 Å². The number of nitrogens with zero attached hydrogens (tertiary/aromatic N) is 2. The molecule has 0 atom stereocenters. The van der Waals surface area contributed by atoms with E-state index in [4.69, 9.17) is 4.74 Å². The number of carbonyl (C=O) groups is 1. The Morgan fingerprint density at radius 3 is 2.47 bits per heavy atom. The molecule has 2 aromatic heterocycles. The van der Waals surface area contributed by atoms with E-state index in [1.54, 1.807) is 41.8 Å². The van der Waals surface area contributed by atoms with Crippen LogP contribution in [0.5, 0.6) is 5.75 Å². The molecule has 4 rings (SSSR count). The Labute approximate surface area is 194 Å². The number of hydrogen-bond donors (Lipinski definition) is 1. The number of hydrogen-bond acceptors (Lipinski definition) is 7. The number of anilines is 2. The van der Waals surface area contributed by atoms with E-state index in [2.05, 4.69) is 10.3 Å². The summed E-state index contributed by atoms with van der Waals surface area (Å²) in [7, 11) is -2.10. The smallest absolute Gasteiger partial charge is 0.273 e. The third kappa shape index (κ3) is 4.47. The Kier molecular flexibility index (Phi) is 6.18. The summed E-state index contributed by atoms with van der Waals surface area (Å²) in [6, 6.07) is 13.9. The second-order valence-electron chi connectivity index (χ2n) is 7.13. The molecular weight excluding hydrogens is 466 g/mol. The number of thiazole rings is 1. The fraction of sp³-hybridized carbons (Fsp3) is 0.182. The molecule has 0 saturated heterocycles. The minimum Gasteiger partial charge on any atom is -0.484 e. The van der Waals surface area contributed by atoms with E-state index >= 15 is 0 Å². The Bertz CT molecular complexity index is 1320. The molecule has 2 heterocycles. The standard InChI is InChI=1S/C22H21N3O4S3/c1-14-6-7-15(2)21-20(14)24-22(31-21)23-18(26)13-29-17-10-8-16(9-11-17)25(3)32(27,28)19-5-4-12-30-19/h4-12H,13H2,1-3H3,(H,23,24,26). The summed E-state index contributed by atoms with van der Waals surface area (Å²) in [5.74, 6) is 0.141. The molecule has 0 fully saturated rings. The van der Waals surface area contributed by atoms with Crippen molar-refractivity contribution in [1.29, 1.82) is 0 Å². The summed E-state index contributed by atoms with van der Waals surface area (Å²) < 4.78 is 33.3. The molecule has 0 saturated carbocycles. The van der Waals surface area contributed by atoms with Gasteiger partial charge in [0.15, 0.2) is 11.7 Å². The largest absolute Gasteiger partial charge is 0.484 e. The predicted molar refractivity (Wildman–Crippen MR) is 130 cm³/mol. The molecule has 10 heteroatoms. The number of rotatable bonds is 7. The molecule has 4 aromatic rings. The van der Waals surface area contributed by atoms with Gasteiger partial charge in [0.1, 0.15) is 9.96 Å². The molecule has 7 nitrogen and oxygen atoms in total. The second-order valence-corrected chi connectivity index (χ2v) is 11.3. The highest BCUT2D eigenvalue weighted by Gasteiger charge is 2.22. The summed E-state index contributed by atoms with van der Waals surface area (Å²) in [6.07, 6.45) is 0. The third-order valence-corrected chi connectivity index (χ3v) is 9.13. The maximum absolute atomic E-state index is 12.6. The van der Waals surface area contributed by atoms with Crippen molar-refractivity contribution in [1.82, 2.24) is 4.98 Å². The maximum Gasteiger partial charge on any atom is 0.273 e. The van der Waals surface area contributed by atoms with Gasteiger partial charge in [-0.05, 0) is 60.7 Å². The average Bonchev–Trinajstić information content (AvgIpc) is 3.46. The maximum atomic E-state index is 12.6. The number of nitrogens with one attached hydrogen (secondary N) is 1. The fourth-order valence-corrected chi connectivity index (χ4v) is 6.44. The molecule has 32 heavy (non-hydrogen) atoms. The van der Waals surface area contributed by atoms with Gasteiger partial charge in [-0.15, -0.1) is 11.3 Å². The number of fused-ring (bicyclic) bond motifs is 1. The molecule has 0 aliphatic heterocycles. The molecule has 1 N–H and O–H groups in total. The third-order valence-electron chi connectivity index (χ3n) is 4.87. The van der Waals surface area contributed by atoms with Gasteiger partial charge in [-0.25, -0.2) is 13.4 Å². The monoisotopic (exact) mass is 487 g/mol. The molecule has 1 amide bonds. The number of amides is 1. The van der Waals surface area contributed by atoms with Crippen LogP contribution in [0, 0.1) is 13.8 Å². The van der Waals surface area contributed by atoms with E-state index in [1.807, 2.05) is 26.0 Å². The van der Waals surface area contributed by atoms with Crippen molar-refractivity contribution in [3.05, 3.63) is 65.0 Å². The van der Waals surface area contributed by atoms with Crippen LogP contribution < -0.4 is 14.4 Å². The van der Waals surface area contributed by atoms with Crippen LogP contribution >= 0.6 is 22.7 Å². The van der Waals surface area contributed by atoms with Gasteiger partial charge in [0.2, 0.25) is 0 Å². The molecule has 0 unspecified atom stereocenters. The van der Waals surface area contributed by atoms with Gasteiger partial charge in [-0.1, -0.05) is 29.5 Å². The lowest BCUT2D eigenvalue weighted by Gasteiger charge is -2.18. The zero-order chi connectivity index (χ0) is 22.9. The second kappa shape index (κ2) is 8.89. The van der Waals surface area contributed by atoms with Crippen molar-refractivity contribution in [2.24, 2.45) is 0 Å². The highest BCUT2D eigenvalue weighted by Crippen LogP contribution is 2.31. The van der Waals surface area contributed by atoms with Crippen LogP contribution in [0.25, 0.3) is 10.2 Å². The summed E-state index contributed by atoms with van der Waals surface area (Å²) in [4.78, 5) is 16.8. The Balaban J connectivity index is 1.38. The lowest BCUT2D eigenvalue weighted by molar-refractivity contribution is -0.118. The van der Waals surface area contributed by atoms with Gasteiger partial charge < -0.3 is 4.74 Å². The average molecular weight is 488 g/mol. The zero-order valence-corrected chi connectivity index (χ0v) is 20.1. The van der Waals surface area contributed by atoms with Crippen LogP contribution in [-0.2, 0) is 14.8 Å². The molecule has 0 spiro atoms. The normalized spacial score (nSPS) is 11.5. The summed E-state index contributed by atoms with van der Waals surface area (Å²) in [6.45, 7) is 3.82. The highest BCUT2D eigenvalue weighted by molar-refractivity contribution is 7.94. The molecule has 0 aliphatic carbocycles. The summed E-state index contributed by atoms with van der Waals surface area (Å²) in [5, 5.41) is 5.03. The van der Waals surface area contributed by atoms with E-state index in [0.29, 0.717) is 16.6 Å². The van der Waals surface area contributed by atoms with Gasteiger partial charge in [-0.2, -0.15) is 0 Å². The zero-order valence-electron chi connectivity index (χ0n) is 17.7. The lowest BCUT2D eigenvalue weighted by Crippen LogP contribution is -2.25. The van der Waals surface area contributed by atoms with Gasteiger partial charge in [0, 0.05) is 7.05 Å². The van der Waals surface area contributed by atoms with Crippen molar-refractivity contribution >= 4 is 59.6 Å². The molecule has 166 valence electrons. The number of thiophene rings is 1. The minimum absolute atomic E-state index is 0.184. The van der Waals surface area contributed by atoms with Crippen LogP contribution in [0.1, 0.15) is 11.1 Å². The molecule has 0 aliphatic rings. The minimum atomic E-state index is -3.60. The summed E-state index contributed by atoms with van der Waals surface area (Å²) >= 11 is 2.60. The van der Waals surface area contributed by atoms with Gasteiger partial charge in [-0.3, -0.25) is 14.4 Å². The topological polar surface area (TPSA) is 88.6 Å². The number of aromatic nitrogens is 1. The molecule has 2 aromatic carbocycles. The number of carbonyl (C=O) groups excluding carboxylic acids is 1. The van der Waals surface area contributed by atoms with Crippen molar-refractivity contribution in [3.8, 4) is 5.75 Å². The van der Waals surface area contributed by atoms with Crippen molar-refractivity contribution in [2.75, 3.05) is 23.3 Å². The van der Waals surface area contributed by atoms with Crippen LogP contribution in [0.3, 0.4) is 0 Å². The first kappa shape index (κ1) is 22.3. The van der Waals surface area contributed by atoms with Crippen molar-refractivity contribution in [2.45, 2.75) is 18.1 Å². The van der Waals surface area contributed by atoms with E-state index < -0.39 is 10.0 Å². The van der Waals surface area contributed by atoms with Crippen molar-refractivity contribution < 1.29 is 17.9 Å². The van der Waals surface area contributed by atoms with Crippen LogP contribution in [-0.4, -0.2) is 33.0 Å². The van der Waals surface area contributed by atoms with E-state index in [1.165, 1.54) is 34.0 Å². The van der Waals surface area contributed by atoms with E-state index in [0.717, 1.165) is 21.3 Å². The molecule has 0 radical (unpaired) electrons. The lowest BCUT2D eigenvalue weighted by atomic mass is 10.1. The Morgan fingerprint density at radius 2 is 1.81 bits per heavy atom. The quantitative estimate of drug-likeness (QED) is 0.404. The number of benzene rings is 2. The van der Waals surface area contributed by atoms with Crippen molar-refractivity contribution in [3.63, 3.8) is 0 Å². The number of ether oxygens (including phenoxy) is 1. The Hall–Kier alpha value is -2.95. The Morgan fingerprint density at radius 1 is 1.09 bits per heavy atom. The number of aryl methyl sites for hydroxylation is 2. The first-order chi connectivity index (χ1) is 15.3. The molecular formula is C22H21N3O4S3. The van der Waals surface area contributed by atoms with E-state index in [9.17, 15) is 13.2 Å². The van der Waals surface area contributed by atoms with Crippen LogP contribution in [0.2, 0.25) is 0 Å².